The lowest BCUT2D eigenvalue weighted by atomic mass is 10.1. The van der Waals surface area contributed by atoms with Gasteiger partial charge in [0.2, 0.25) is 0 Å². The summed E-state index contributed by atoms with van der Waals surface area (Å²) in [6, 6.07) is 14.0. The standard InChI is InChI=1S/C14H12Cl2IN/c1-9(13-7-2-10(15)8-14(13)16)18-12-5-3-11(17)4-6-12/h2-9,18H,1H3. The van der Waals surface area contributed by atoms with E-state index >= 15 is 0 Å². The number of benzene rings is 2. The van der Waals surface area contributed by atoms with E-state index in [0.29, 0.717) is 10.0 Å². The molecule has 0 heterocycles. The Morgan fingerprint density at radius 3 is 2.33 bits per heavy atom. The molecule has 18 heavy (non-hydrogen) atoms. The van der Waals surface area contributed by atoms with Crippen molar-refractivity contribution in [1.29, 1.82) is 0 Å². The molecule has 2 aromatic carbocycles. The molecular formula is C14H12Cl2IN. The zero-order valence-corrected chi connectivity index (χ0v) is 13.4. The van der Waals surface area contributed by atoms with Gasteiger partial charge in [0.05, 0.1) is 0 Å². The maximum absolute atomic E-state index is 6.19. The van der Waals surface area contributed by atoms with Gasteiger partial charge in [0.1, 0.15) is 0 Å². The third-order valence-corrected chi connectivity index (χ3v) is 3.94. The van der Waals surface area contributed by atoms with Crippen molar-refractivity contribution in [2.24, 2.45) is 0 Å². The van der Waals surface area contributed by atoms with Crippen LogP contribution < -0.4 is 5.32 Å². The van der Waals surface area contributed by atoms with E-state index in [1.807, 2.05) is 12.1 Å². The molecule has 2 rings (SSSR count). The molecule has 1 atom stereocenters. The van der Waals surface area contributed by atoms with Crippen LogP contribution >= 0.6 is 45.8 Å². The van der Waals surface area contributed by atoms with Gasteiger partial charge in [0, 0.05) is 25.3 Å². The van der Waals surface area contributed by atoms with E-state index in [2.05, 4.69) is 59.1 Å². The SMILES string of the molecule is CC(Nc1ccc(I)cc1)c1ccc(Cl)cc1Cl. The fraction of sp³-hybridized carbons (Fsp3) is 0.143. The second kappa shape index (κ2) is 6.13. The van der Waals surface area contributed by atoms with Gasteiger partial charge in [0.25, 0.3) is 0 Å². The Bertz CT molecular complexity index is 540. The molecule has 0 spiro atoms. The Labute approximate surface area is 131 Å². The van der Waals surface area contributed by atoms with E-state index in [-0.39, 0.29) is 6.04 Å². The van der Waals surface area contributed by atoms with Crippen LogP contribution in [0.15, 0.2) is 42.5 Å². The van der Waals surface area contributed by atoms with Crippen molar-refractivity contribution < 1.29 is 0 Å². The third-order valence-electron chi connectivity index (χ3n) is 2.66. The summed E-state index contributed by atoms with van der Waals surface area (Å²) in [5.41, 5.74) is 2.12. The van der Waals surface area contributed by atoms with Gasteiger partial charge < -0.3 is 5.32 Å². The smallest absolute Gasteiger partial charge is 0.0500 e. The summed E-state index contributed by atoms with van der Waals surface area (Å²) in [6.45, 7) is 2.08. The summed E-state index contributed by atoms with van der Waals surface area (Å²) in [6.07, 6.45) is 0. The minimum Gasteiger partial charge on any atom is -0.378 e. The molecule has 0 aliphatic heterocycles. The monoisotopic (exact) mass is 391 g/mol. The molecule has 0 fully saturated rings. The summed E-state index contributed by atoms with van der Waals surface area (Å²) in [4.78, 5) is 0. The van der Waals surface area contributed by atoms with Gasteiger partial charge in [-0.15, -0.1) is 0 Å². The highest BCUT2D eigenvalue weighted by molar-refractivity contribution is 14.1. The molecule has 1 unspecified atom stereocenters. The Morgan fingerprint density at radius 2 is 1.72 bits per heavy atom. The first-order valence-corrected chi connectivity index (χ1v) is 7.37. The lowest BCUT2D eigenvalue weighted by molar-refractivity contribution is 0.885. The van der Waals surface area contributed by atoms with Gasteiger partial charge in [-0.1, -0.05) is 29.3 Å². The molecule has 0 aliphatic carbocycles. The second-order valence-electron chi connectivity index (χ2n) is 4.04. The maximum Gasteiger partial charge on any atom is 0.0500 e. The van der Waals surface area contributed by atoms with E-state index in [9.17, 15) is 0 Å². The van der Waals surface area contributed by atoms with Crippen LogP contribution in [0, 0.1) is 3.57 Å². The minimum absolute atomic E-state index is 0.134. The van der Waals surface area contributed by atoms with Crippen LogP contribution in [0.3, 0.4) is 0 Å². The molecule has 0 saturated carbocycles. The average Bonchev–Trinajstić information content (AvgIpc) is 2.32. The third kappa shape index (κ3) is 3.53. The van der Waals surface area contributed by atoms with Crippen LogP contribution in [0.2, 0.25) is 10.0 Å². The fourth-order valence-electron chi connectivity index (χ4n) is 1.73. The Balaban J connectivity index is 2.16. The van der Waals surface area contributed by atoms with E-state index in [0.717, 1.165) is 11.3 Å². The predicted octanol–water partition coefficient (Wildman–Crippen LogP) is 5.77. The fourth-order valence-corrected chi connectivity index (χ4v) is 2.66. The molecule has 1 nitrogen and oxygen atoms in total. The van der Waals surface area contributed by atoms with E-state index in [4.69, 9.17) is 23.2 Å². The number of hydrogen-bond acceptors (Lipinski definition) is 1. The van der Waals surface area contributed by atoms with Crippen molar-refractivity contribution in [1.82, 2.24) is 0 Å². The number of anilines is 1. The van der Waals surface area contributed by atoms with E-state index in [1.165, 1.54) is 3.57 Å². The normalized spacial score (nSPS) is 12.2. The van der Waals surface area contributed by atoms with Crippen LogP contribution in [-0.2, 0) is 0 Å². The summed E-state index contributed by atoms with van der Waals surface area (Å²) < 4.78 is 1.22. The van der Waals surface area contributed by atoms with Crippen molar-refractivity contribution in [2.75, 3.05) is 5.32 Å². The minimum atomic E-state index is 0.134. The zero-order chi connectivity index (χ0) is 13.1. The molecule has 0 amide bonds. The van der Waals surface area contributed by atoms with Gasteiger partial charge >= 0.3 is 0 Å². The van der Waals surface area contributed by atoms with Crippen LogP contribution in [0.4, 0.5) is 5.69 Å². The molecular weight excluding hydrogens is 380 g/mol. The lowest BCUT2D eigenvalue weighted by Gasteiger charge is -2.17. The summed E-state index contributed by atoms with van der Waals surface area (Å²) in [5.74, 6) is 0. The van der Waals surface area contributed by atoms with E-state index < -0.39 is 0 Å². The number of hydrogen-bond donors (Lipinski definition) is 1. The topological polar surface area (TPSA) is 12.0 Å². The first-order chi connectivity index (χ1) is 8.56. The van der Waals surface area contributed by atoms with Gasteiger partial charge in [-0.05, 0) is 71.5 Å². The highest BCUT2D eigenvalue weighted by atomic mass is 127. The van der Waals surface area contributed by atoms with E-state index in [1.54, 1.807) is 6.07 Å². The highest BCUT2D eigenvalue weighted by Crippen LogP contribution is 2.28. The van der Waals surface area contributed by atoms with Crippen LogP contribution in [0.5, 0.6) is 0 Å². The molecule has 94 valence electrons. The largest absolute Gasteiger partial charge is 0.378 e. The van der Waals surface area contributed by atoms with Crippen LogP contribution in [0.1, 0.15) is 18.5 Å². The summed E-state index contributed by atoms with van der Waals surface area (Å²) in [7, 11) is 0. The van der Waals surface area contributed by atoms with Gasteiger partial charge in [-0.2, -0.15) is 0 Å². The van der Waals surface area contributed by atoms with Gasteiger partial charge in [0.15, 0.2) is 0 Å². The number of rotatable bonds is 3. The second-order valence-corrected chi connectivity index (χ2v) is 6.13. The molecule has 0 bridgehead atoms. The lowest BCUT2D eigenvalue weighted by Crippen LogP contribution is -2.07. The Hall–Kier alpha value is -0.450. The zero-order valence-electron chi connectivity index (χ0n) is 9.75. The quantitative estimate of drug-likeness (QED) is 0.654. The summed E-state index contributed by atoms with van der Waals surface area (Å²) in [5, 5.41) is 4.76. The molecule has 4 heteroatoms. The van der Waals surface area contributed by atoms with Gasteiger partial charge in [-0.25, -0.2) is 0 Å². The first kappa shape index (κ1) is 14.0. The molecule has 0 aliphatic rings. The van der Waals surface area contributed by atoms with Crippen molar-refractivity contribution in [3.8, 4) is 0 Å². The van der Waals surface area contributed by atoms with Crippen LogP contribution in [-0.4, -0.2) is 0 Å². The first-order valence-electron chi connectivity index (χ1n) is 5.53. The van der Waals surface area contributed by atoms with Crippen molar-refractivity contribution in [3.63, 3.8) is 0 Å². The van der Waals surface area contributed by atoms with Gasteiger partial charge in [-0.3, -0.25) is 0 Å². The maximum atomic E-state index is 6.19. The Morgan fingerprint density at radius 1 is 1.06 bits per heavy atom. The molecule has 0 radical (unpaired) electrons. The molecule has 0 aromatic heterocycles. The van der Waals surface area contributed by atoms with Crippen molar-refractivity contribution in [3.05, 3.63) is 61.6 Å². The average molecular weight is 392 g/mol. The Kier molecular flexibility index (Phi) is 4.76. The molecule has 0 saturated heterocycles. The summed E-state index contributed by atoms with van der Waals surface area (Å²) >= 11 is 14.4. The van der Waals surface area contributed by atoms with Crippen molar-refractivity contribution >= 4 is 51.5 Å². The predicted molar refractivity (Wildman–Crippen MR) is 87.7 cm³/mol. The number of halogens is 3. The molecule has 2 aromatic rings. The highest BCUT2D eigenvalue weighted by Gasteiger charge is 2.09. The van der Waals surface area contributed by atoms with Crippen LogP contribution in [0.25, 0.3) is 0 Å². The number of nitrogens with one attached hydrogen (secondary N) is 1. The molecule has 1 N–H and O–H groups in total. The van der Waals surface area contributed by atoms with Crippen molar-refractivity contribution in [2.45, 2.75) is 13.0 Å².